The maximum absolute atomic E-state index is 13.1. The molecule has 5 rings (SSSR count). The summed E-state index contributed by atoms with van der Waals surface area (Å²) in [5.41, 5.74) is 2.79. The minimum absolute atomic E-state index is 0.210. The van der Waals surface area contributed by atoms with E-state index >= 15 is 0 Å². The molecule has 4 aromatic rings. The molecule has 0 radical (unpaired) electrons. The highest BCUT2D eigenvalue weighted by Crippen LogP contribution is 2.32. The smallest absolute Gasteiger partial charge is 0.403 e. The molecule has 12 heteroatoms. The normalized spacial score (nSPS) is 15.0. The Bertz CT molecular complexity index is 1610. The van der Waals surface area contributed by atoms with Gasteiger partial charge in [-0.25, -0.2) is 24.1 Å². The monoisotopic (exact) mass is 518 g/mol. The van der Waals surface area contributed by atoms with E-state index in [0.29, 0.717) is 28.2 Å². The maximum atomic E-state index is 13.1. The van der Waals surface area contributed by atoms with Crippen molar-refractivity contribution in [3.05, 3.63) is 95.9 Å². The van der Waals surface area contributed by atoms with Gasteiger partial charge in [-0.3, -0.25) is 0 Å². The first kappa shape index (κ1) is 24.5. The van der Waals surface area contributed by atoms with E-state index in [4.69, 9.17) is 0 Å². The number of carbonyl (C=O) groups excluding carboxylic acids is 2. The third-order valence-electron chi connectivity index (χ3n) is 5.44. The molecule has 1 atom stereocenters. The first-order chi connectivity index (χ1) is 18.3. The van der Waals surface area contributed by atoms with Crippen LogP contribution in [0.1, 0.15) is 29.3 Å². The van der Waals surface area contributed by atoms with Crippen LogP contribution in [-0.4, -0.2) is 43.7 Å². The summed E-state index contributed by atoms with van der Waals surface area (Å²) in [4.78, 5) is 28.7. The highest BCUT2D eigenvalue weighted by atomic mass is 19.4. The summed E-state index contributed by atoms with van der Waals surface area (Å²) in [5, 5.41) is 11.7. The van der Waals surface area contributed by atoms with Crippen LogP contribution in [0.3, 0.4) is 0 Å². The van der Waals surface area contributed by atoms with Crippen molar-refractivity contribution in [1.82, 2.24) is 19.6 Å². The molecule has 190 valence electrons. The van der Waals surface area contributed by atoms with Gasteiger partial charge < -0.3 is 10.1 Å². The number of aromatic nitrogens is 3. The zero-order valence-corrected chi connectivity index (χ0v) is 19.4. The summed E-state index contributed by atoms with van der Waals surface area (Å²) < 4.78 is 44.1. The van der Waals surface area contributed by atoms with E-state index in [-0.39, 0.29) is 6.42 Å². The number of amides is 2. The second-order valence-corrected chi connectivity index (χ2v) is 8.05. The minimum atomic E-state index is -5.19. The van der Waals surface area contributed by atoms with E-state index in [1.807, 2.05) is 0 Å². The fourth-order valence-electron chi connectivity index (χ4n) is 3.74. The lowest BCUT2D eigenvalue weighted by Gasteiger charge is -2.22. The molecule has 0 bridgehead atoms. The standard InChI is InChI=1S/C26H17F3N6O3/c27-26(28,29)24(36)38-23-15-21(18-7-2-1-3-8-18)35(33-23)25(37)32-19-9-4-6-17(14-19)11-12-20-16-30-22-10-5-13-31-34(20)22/h1-10,13-14,16,21H,15H2,(H,32,37). The summed E-state index contributed by atoms with van der Waals surface area (Å²) in [6, 6.07) is 17.3. The predicted octanol–water partition coefficient (Wildman–Crippen LogP) is 4.53. The number of benzene rings is 2. The number of hydrogen-bond acceptors (Lipinski definition) is 6. The zero-order chi connectivity index (χ0) is 26.7. The molecule has 0 fully saturated rings. The fourth-order valence-corrected chi connectivity index (χ4v) is 3.74. The highest BCUT2D eigenvalue weighted by molar-refractivity contribution is 5.96. The Labute approximate surface area is 213 Å². The van der Waals surface area contributed by atoms with Gasteiger partial charge in [-0.05, 0) is 41.8 Å². The Morgan fingerprint density at radius 2 is 1.84 bits per heavy atom. The Balaban J connectivity index is 1.36. The van der Waals surface area contributed by atoms with Crippen LogP contribution < -0.4 is 5.32 Å². The molecule has 3 heterocycles. The molecule has 38 heavy (non-hydrogen) atoms. The van der Waals surface area contributed by atoms with Crippen LogP contribution in [-0.2, 0) is 9.53 Å². The van der Waals surface area contributed by atoms with E-state index in [2.05, 4.69) is 37.1 Å². The Hall–Kier alpha value is -5.18. The van der Waals surface area contributed by atoms with Gasteiger partial charge in [0.1, 0.15) is 5.69 Å². The van der Waals surface area contributed by atoms with Crippen LogP contribution in [0.2, 0.25) is 0 Å². The van der Waals surface area contributed by atoms with E-state index in [1.54, 1.807) is 83.6 Å². The number of halogens is 3. The van der Waals surface area contributed by atoms with E-state index < -0.39 is 30.1 Å². The molecule has 1 aliphatic rings. The molecular formula is C26H17F3N6O3. The number of imidazole rings is 1. The Kier molecular flexibility index (Phi) is 6.49. The molecule has 0 saturated heterocycles. The molecule has 2 aromatic heterocycles. The summed E-state index contributed by atoms with van der Waals surface area (Å²) in [5.74, 6) is 3.06. The second kappa shape index (κ2) is 10.1. The van der Waals surface area contributed by atoms with Crippen molar-refractivity contribution in [1.29, 1.82) is 0 Å². The van der Waals surface area contributed by atoms with Crippen molar-refractivity contribution in [2.24, 2.45) is 5.10 Å². The van der Waals surface area contributed by atoms with Crippen LogP contribution in [0, 0.1) is 11.8 Å². The summed E-state index contributed by atoms with van der Waals surface area (Å²) in [6.07, 6.45) is -2.19. The van der Waals surface area contributed by atoms with Crippen LogP contribution in [0.25, 0.3) is 5.65 Å². The van der Waals surface area contributed by atoms with Gasteiger partial charge in [0.2, 0.25) is 5.90 Å². The highest BCUT2D eigenvalue weighted by Gasteiger charge is 2.44. The molecule has 0 spiro atoms. The largest absolute Gasteiger partial charge is 0.491 e. The van der Waals surface area contributed by atoms with Gasteiger partial charge in [-0.15, -0.1) is 5.10 Å². The third-order valence-corrected chi connectivity index (χ3v) is 5.44. The number of fused-ring (bicyclic) bond motifs is 1. The van der Waals surface area contributed by atoms with Crippen molar-refractivity contribution in [2.75, 3.05) is 5.32 Å². The van der Waals surface area contributed by atoms with Gasteiger partial charge in [0.25, 0.3) is 0 Å². The first-order valence-electron chi connectivity index (χ1n) is 11.2. The predicted molar refractivity (Wildman–Crippen MR) is 130 cm³/mol. The number of nitrogens with zero attached hydrogens (tertiary/aromatic N) is 5. The quantitative estimate of drug-likeness (QED) is 0.311. The molecule has 1 N–H and O–H groups in total. The first-order valence-corrected chi connectivity index (χ1v) is 11.2. The third kappa shape index (κ3) is 5.31. The van der Waals surface area contributed by atoms with Crippen molar-refractivity contribution in [2.45, 2.75) is 18.6 Å². The number of esters is 1. The number of nitrogens with one attached hydrogen (secondary N) is 1. The average Bonchev–Trinajstić information content (AvgIpc) is 3.52. The zero-order valence-electron chi connectivity index (χ0n) is 19.4. The molecule has 1 unspecified atom stereocenters. The van der Waals surface area contributed by atoms with Crippen LogP contribution >= 0.6 is 0 Å². The molecule has 0 aliphatic carbocycles. The van der Waals surface area contributed by atoms with E-state index in [9.17, 15) is 22.8 Å². The summed E-state index contributed by atoms with van der Waals surface area (Å²) in [6.45, 7) is 0. The van der Waals surface area contributed by atoms with Gasteiger partial charge in [0.05, 0.1) is 18.7 Å². The average molecular weight is 518 g/mol. The summed E-state index contributed by atoms with van der Waals surface area (Å²) in [7, 11) is 0. The van der Waals surface area contributed by atoms with Gasteiger partial charge in [-0.2, -0.15) is 18.3 Å². The molecule has 9 nitrogen and oxygen atoms in total. The number of alkyl halides is 3. The number of urea groups is 1. The number of carbonyl (C=O) groups is 2. The van der Waals surface area contributed by atoms with E-state index in [1.165, 1.54) is 0 Å². The topological polar surface area (TPSA) is 101 Å². The fraction of sp³-hybridized carbons (Fsp3) is 0.115. The number of hydrogen-bond donors (Lipinski definition) is 1. The van der Waals surface area contributed by atoms with Gasteiger partial charge in [-0.1, -0.05) is 42.3 Å². The molecule has 2 aromatic carbocycles. The van der Waals surface area contributed by atoms with E-state index in [0.717, 1.165) is 5.01 Å². The van der Waals surface area contributed by atoms with Crippen LogP contribution in [0.5, 0.6) is 0 Å². The maximum Gasteiger partial charge on any atom is 0.491 e. The Morgan fingerprint density at radius 3 is 2.63 bits per heavy atom. The van der Waals surface area contributed by atoms with Crippen molar-refractivity contribution in [3.8, 4) is 11.8 Å². The van der Waals surface area contributed by atoms with Gasteiger partial charge >= 0.3 is 18.2 Å². The molecule has 0 saturated carbocycles. The van der Waals surface area contributed by atoms with Crippen molar-refractivity contribution >= 4 is 29.2 Å². The Morgan fingerprint density at radius 1 is 1.03 bits per heavy atom. The number of anilines is 1. The lowest BCUT2D eigenvalue weighted by Crippen LogP contribution is -2.31. The van der Waals surface area contributed by atoms with Crippen molar-refractivity contribution in [3.63, 3.8) is 0 Å². The number of hydrazone groups is 1. The molecule has 1 aliphatic heterocycles. The van der Waals surface area contributed by atoms with Gasteiger partial charge in [0, 0.05) is 17.4 Å². The van der Waals surface area contributed by atoms with Crippen LogP contribution in [0.4, 0.5) is 23.7 Å². The SMILES string of the molecule is O=C(Nc1cccc(C#Cc2cnc3cccnn23)c1)N1N=C(OC(=O)C(F)(F)F)CC1c1ccccc1. The van der Waals surface area contributed by atoms with Gasteiger partial charge in [0.15, 0.2) is 5.65 Å². The molecule has 2 amide bonds. The summed E-state index contributed by atoms with van der Waals surface area (Å²) >= 11 is 0. The minimum Gasteiger partial charge on any atom is -0.403 e. The second-order valence-electron chi connectivity index (χ2n) is 8.05. The van der Waals surface area contributed by atoms with Crippen molar-refractivity contribution < 1.29 is 27.5 Å². The molecular weight excluding hydrogens is 501 g/mol. The lowest BCUT2D eigenvalue weighted by molar-refractivity contribution is -0.191. The van der Waals surface area contributed by atoms with Crippen LogP contribution in [0.15, 0.2) is 84.2 Å². The lowest BCUT2D eigenvalue weighted by atomic mass is 10.0. The number of ether oxygens (including phenoxy) is 1. The number of rotatable bonds is 2.